The van der Waals surface area contributed by atoms with E-state index >= 15 is 0 Å². The molecule has 1 aromatic heterocycles. The highest BCUT2D eigenvalue weighted by atomic mass is 79.9. The molecule has 1 N–H and O–H groups in total. The standard InChI is InChI=1S/C13H12BrFN2/c1-8-5-11(14)13(16-7-8)17-12-4-3-10(15)6-9(12)2/h3-7H,1-2H3,(H,16,17). The summed E-state index contributed by atoms with van der Waals surface area (Å²) in [6.07, 6.45) is 1.78. The fraction of sp³-hybridized carbons (Fsp3) is 0.154. The van der Waals surface area contributed by atoms with Gasteiger partial charge in [0.25, 0.3) is 0 Å². The number of pyridine rings is 1. The lowest BCUT2D eigenvalue weighted by atomic mass is 10.2. The van der Waals surface area contributed by atoms with Crippen molar-refractivity contribution in [1.29, 1.82) is 0 Å². The van der Waals surface area contributed by atoms with Crippen LogP contribution >= 0.6 is 15.9 Å². The van der Waals surface area contributed by atoms with Crippen LogP contribution in [-0.4, -0.2) is 4.98 Å². The number of rotatable bonds is 2. The third-order valence-corrected chi connectivity index (χ3v) is 3.02. The zero-order valence-corrected chi connectivity index (χ0v) is 11.2. The van der Waals surface area contributed by atoms with Crippen molar-refractivity contribution in [3.05, 3.63) is 51.9 Å². The van der Waals surface area contributed by atoms with E-state index < -0.39 is 0 Å². The second kappa shape index (κ2) is 4.84. The summed E-state index contributed by atoms with van der Waals surface area (Å²) >= 11 is 3.44. The molecule has 1 heterocycles. The Morgan fingerprint density at radius 2 is 2.00 bits per heavy atom. The van der Waals surface area contributed by atoms with Crippen molar-refractivity contribution >= 4 is 27.4 Å². The molecule has 0 saturated heterocycles. The van der Waals surface area contributed by atoms with Gasteiger partial charge in [-0.2, -0.15) is 0 Å². The lowest BCUT2D eigenvalue weighted by Crippen LogP contribution is -1.97. The molecule has 2 nitrogen and oxygen atoms in total. The van der Waals surface area contributed by atoms with Crippen LogP contribution in [0.4, 0.5) is 15.9 Å². The number of hydrogen-bond donors (Lipinski definition) is 1. The topological polar surface area (TPSA) is 24.9 Å². The molecule has 0 aliphatic heterocycles. The summed E-state index contributed by atoms with van der Waals surface area (Å²) in [5.74, 6) is 0.495. The fourth-order valence-electron chi connectivity index (χ4n) is 1.52. The van der Waals surface area contributed by atoms with Gasteiger partial charge in [-0.15, -0.1) is 0 Å². The summed E-state index contributed by atoms with van der Waals surface area (Å²) in [7, 11) is 0. The molecule has 2 rings (SSSR count). The zero-order valence-electron chi connectivity index (χ0n) is 9.59. The smallest absolute Gasteiger partial charge is 0.144 e. The van der Waals surface area contributed by atoms with E-state index in [1.54, 1.807) is 12.3 Å². The maximum Gasteiger partial charge on any atom is 0.144 e. The van der Waals surface area contributed by atoms with Crippen LogP contribution in [0.3, 0.4) is 0 Å². The molecule has 0 aliphatic carbocycles. The lowest BCUT2D eigenvalue weighted by Gasteiger charge is -2.10. The van der Waals surface area contributed by atoms with E-state index in [9.17, 15) is 4.39 Å². The van der Waals surface area contributed by atoms with Gasteiger partial charge in [0.1, 0.15) is 11.6 Å². The molecule has 0 radical (unpaired) electrons. The minimum Gasteiger partial charge on any atom is -0.339 e. The Hall–Kier alpha value is -1.42. The quantitative estimate of drug-likeness (QED) is 0.891. The van der Waals surface area contributed by atoms with E-state index in [1.165, 1.54) is 12.1 Å². The first kappa shape index (κ1) is 12.0. The number of halogens is 2. The van der Waals surface area contributed by atoms with Crippen LogP contribution < -0.4 is 5.32 Å². The van der Waals surface area contributed by atoms with Crippen LogP contribution in [0.1, 0.15) is 11.1 Å². The summed E-state index contributed by atoms with van der Waals surface area (Å²) in [6, 6.07) is 6.61. The fourth-order valence-corrected chi connectivity index (χ4v) is 2.08. The molecular weight excluding hydrogens is 283 g/mol. The van der Waals surface area contributed by atoms with Crippen molar-refractivity contribution in [2.24, 2.45) is 0 Å². The first-order valence-corrected chi connectivity index (χ1v) is 6.01. The molecule has 0 bridgehead atoms. The molecule has 0 unspecified atom stereocenters. The van der Waals surface area contributed by atoms with Gasteiger partial charge >= 0.3 is 0 Å². The van der Waals surface area contributed by atoms with Gasteiger partial charge in [-0.1, -0.05) is 0 Å². The second-order valence-corrected chi connectivity index (χ2v) is 4.78. The highest BCUT2D eigenvalue weighted by Crippen LogP contribution is 2.26. The Morgan fingerprint density at radius 1 is 1.24 bits per heavy atom. The molecule has 4 heteroatoms. The number of nitrogens with zero attached hydrogens (tertiary/aromatic N) is 1. The molecule has 88 valence electrons. The molecule has 0 aliphatic rings. The SMILES string of the molecule is Cc1cnc(Nc2ccc(F)cc2C)c(Br)c1. The molecule has 0 spiro atoms. The number of benzene rings is 1. The third kappa shape index (κ3) is 2.82. The van der Waals surface area contributed by atoms with Crippen LogP contribution in [0.15, 0.2) is 34.9 Å². The number of aromatic nitrogens is 1. The average Bonchev–Trinajstić information content (AvgIpc) is 2.25. The maximum atomic E-state index is 13.0. The van der Waals surface area contributed by atoms with Gasteiger partial charge in [0.05, 0.1) is 4.47 Å². The summed E-state index contributed by atoms with van der Waals surface area (Å²) in [4.78, 5) is 4.28. The molecule has 0 atom stereocenters. The summed E-state index contributed by atoms with van der Waals surface area (Å²) < 4.78 is 13.9. The predicted molar refractivity (Wildman–Crippen MR) is 71.1 cm³/mol. The summed E-state index contributed by atoms with van der Waals surface area (Å²) in [5.41, 5.74) is 2.78. The van der Waals surface area contributed by atoms with Crippen LogP contribution in [0.2, 0.25) is 0 Å². The van der Waals surface area contributed by atoms with Crippen LogP contribution in [-0.2, 0) is 0 Å². The van der Waals surface area contributed by atoms with Gasteiger partial charge in [0.15, 0.2) is 0 Å². The van der Waals surface area contributed by atoms with Gasteiger partial charge < -0.3 is 5.32 Å². The molecule has 2 aromatic rings. The lowest BCUT2D eigenvalue weighted by molar-refractivity contribution is 0.627. The van der Waals surface area contributed by atoms with Crippen molar-refractivity contribution in [3.8, 4) is 0 Å². The highest BCUT2D eigenvalue weighted by Gasteiger charge is 2.05. The second-order valence-electron chi connectivity index (χ2n) is 3.93. The number of hydrogen-bond acceptors (Lipinski definition) is 2. The van der Waals surface area contributed by atoms with Crippen molar-refractivity contribution in [2.75, 3.05) is 5.32 Å². The van der Waals surface area contributed by atoms with Gasteiger partial charge in [-0.25, -0.2) is 9.37 Å². The van der Waals surface area contributed by atoms with E-state index in [2.05, 4.69) is 26.2 Å². The molecule has 1 aromatic carbocycles. The minimum atomic E-state index is -0.232. The van der Waals surface area contributed by atoms with Gasteiger partial charge in [-0.3, -0.25) is 0 Å². The monoisotopic (exact) mass is 294 g/mol. The summed E-state index contributed by atoms with van der Waals surface area (Å²) in [5, 5.41) is 3.17. The predicted octanol–water partition coefficient (Wildman–Crippen LogP) is 4.34. The normalized spacial score (nSPS) is 10.4. The van der Waals surface area contributed by atoms with Crippen molar-refractivity contribution in [1.82, 2.24) is 4.98 Å². The third-order valence-electron chi connectivity index (χ3n) is 2.42. The van der Waals surface area contributed by atoms with E-state index in [4.69, 9.17) is 0 Å². The van der Waals surface area contributed by atoms with Crippen molar-refractivity contribution < 1.29 is 4.39 Å². The molecule has 0 saturated carbocycles. The van der Waals surface area contributed by atoms with Crippen molar-refractivity contribution in [3.63, 3.8) is 0 Å². The van der Waals surface area contributed by atoms with Gasteiger partial charge in [0.2, 0.25) is 0 Å². The average molecular weight is 295 g/mol. The van der Waals surface area contributed by atoms with Gasteiger partial charge in [0, 0.05) is 11.9 Å². The van der Waals surface area contributed by atoms with E-state index in [0.29, 0.717) is 0 Å². The summed E-state index contributed by atoms with van der Waals surface area (Å²) in [6.45, 7) is 3.83. The Kier molecular flexibility index (Phi) is 3.43. The number of nitrogens with one attached hydrogen (secondary N) is 1. The molecule has 0 fully saturated rings. The first-order chi connectivity index (χ1) is 8.06. The van der Waals surface area contributed by atoms with Crippen molar-refractivity contribution in [2.45, 2.75) is 13.8 Å². The minimum absolute atomic E-state index is 0.232. The van der Waals surface area contributed by atoms with E-state index in [1.807, 2.05) is 19.9 Å². The van der Waals surface area contributed by atoms with Crippen LogP contribution in [0.25, 0.3) is 0 Å². The maximum absolute atomic E-state index is 13.0. The Morgan fingerprint density at radius 3 is 2.65 bits per heavy atom. The highest BCUT2D eigenvalue weighted by molar-refractivity contribution is 9.10. The van der Waals surface area contributed by atoms with E-state index in [-0.39, 0.29) is 5.82 Å². The Bertz CT molecular complexity index is 506. The molecular formula is C13H12BrFN2. The van der Waals surface area contributed by atoms with E-state index in [0.717, 1.165) is 27.1 Å². The van der Waals surface area contributed by atoms with Crippen LogP contribution in [0.5, 0.6) is 0 Å². The number of aryl methyl sites for hydroxylation is 2. The largest absolute Gasteiger partial charge is 0.339 e. The zero-order chi connectivity index (χ0) is 12.4. The van der Waals surface area contributed by atoms with Crippen LogP contribution in [0, 0.1) is 19.7 Å². The number of anilines is 2. The Balaban J connectivity index is 2.31. The van der Waals surface area contributed by atoms with Gasteiger partial charge in [-0.05, 0) is 65.2 Å². The Labute approximate surface area is 108 Å². The first-order valence-electron chi connectivity index (χ1n) is 5.21. The molecule has 17 heavy (non-hydrogen) atoms. The molecule has 0 amide bonds.